The van der Waals surface area contributed by atoms with Crippen LogP contribution in [0.2, 0.25) is 5.02 Å². The van der Waals surface area contributed by atoms with Crippen LogP contribution in [0.25, 0.3) is 0 Å². The van der Waals surface area contributed by atoms with Crippen molar-refractivity contribution in [2.45, 2.75) is 0 Å². The van der Waals surface area contributed by atoms with Crippen molar-refractivity contribution < 1.29 is 14.3 Å². The van der Waals surface area contributed by atoms with Gasteiger partial charge in [-0.15, -0.1) is 0 Å². The highest BCUT2D eigenvalue weighted by atomic mass is 35.5. The van der Waals surface area contributed by atoms with Crippen molar-refractivity contribution in [3.05, 3.63) is 64.7 Å². The van der Waals surface area contributed by atoms with Crippen LogP contribution < -0.4 is 4.74 Å². The number of benzene rings is 2. The predicted octanol–water partition coefficient (Wildman–Crippen LogP) is 3.84. The third-order valence-corrected chi connectivity index (χ3v) is 3.49. The molecule has 0 aliphatic heterocycles. The van der Waals surface area contributed by atoms with Gasteiger partial charge in [-0.2, -0.15) is 11.8 Å². The highest BCUT2D eigenvalue weighted by molar-refractivity contribution is 7.99. The van der Waals surface area contributed by atoms with E-state index in [1.165, 1.54) is 11.8 Å². The third kappa shape index (κ3) is 4.34. The Morgan fingerprint density at radius 1 is 1.00 bits per heavy atom. The van der Waals surface area contributed by atoms with Crippen molar-refractivity contribution in [2.24, 2.45) is 0 Å². The second-order valence-electron chi connectivity index (χ2n) is 4.27. The van der Waals surface area contributed by atoms with Crippen LogP contribution in [0.5, 0.6) is 5.75 Å². The first-order valence-electron chi connectivity index (χ1n) is 6.20. The molecule has 0 spiro atoms. The third-order valence-electron chi connectivity index (χ3n) is 2.72. The Hall–Kier alpha value is -1.78. The van der Waals surface area contributed by atoms with Gasteiger partial charge in [0.1, 0.15) is 5.75 Å². The number of carbonyl (C=O) groups is 2. The minimum Gasteiger partial charge on any atom is -0.426 e. The van der Waals surface area contributed by atoms with Crippen LogP contribution in [-0.4, -0.2) is 23.8 Å². The summed E-state index contributed by atoms with van der Waals surface area (Å²) in [6, 6.07) is 13.2. The van der Waals surface area contributed by atoms with E-state index < -0.39 is 0 Å². The lowest BCUT2D eigenvalue weighted by Gasteiger charge is -2.05. The highest BCUT2D eigenvalue weighted by Crippen LogP contribution is 2.17. The summed E-state index contributed by atoms with van der Waals surface area (Å²) in [6.45, 7) is 0. The molecule has 0 aliphatic carbocycles. The fourth-order valence-electron chi connectivity index (χ4n) is 1.72. The zero-order valence-electron chi connectivity index (χ0n) is 11.3. The molecule has 21 heavy (non-hydrogen) atoms. The van der Waals surface area contributed by atoms with Crippen molar-refractivity contribution in [2.75, 3.05) is 12.0 Å². The second kappa shape index (κ2) is 7.29. The van der Waals surface area contributed by atoms with Gasteiger partial charge in [0.05, 0.1) is 5.75 Å². The molecule has 108 valence electrons. The number of esters is 1. The minimum absolute atomic E-state index is 0.103. The van der Waals surface area contributed by atoms with Gasteiger partial charge in [-0.1, -0.05) is 11.6 Å². The molecule has 2 aromatic carbocycles. The van der Waals surface area contributed by atoms with E-state index in [4.69, 9.17) is 16.3 Å². The molecule has 0 atom stereocenters. The van der Waals surface area contributed by atoms with Crippen LogP contribution in [-0.2, 0) is 4.79 Å². The van der Waals surface area contributed by atoms with E-state index >= 15 is 0 Å². The van der Waals surface area contributed by atoms with Crippen molar-refractivity contribution >= 4 is 35.1 Å². The number of ketones is 1. The number of ether oxygens (including phenoxy) is 1. The van der Waals surface area contributed by atoms with E-state index in [1.54, 1.807) is 48.5 Å². The first-order valence-corrected chi connectivity index (χ1v) is 7.97. The fourth-order valence-corrected chi connectivity index (χ4v) is 2.14. The average Bonchev–Trinajstić information content (AvgIpc) is 2.48. The molecule has 0 N–H and O–H groups in total. The summed E-state index contributed by atoms with van der Waals surface area (Å²) in [4.78, 5) is 23.6. The van der Waals surface area contributed by atoms with Gasteiger partial charge in [0, 0.05) is 16.1 Å². The van der Waals surface area contributed by atoms with Crippen molar-refractivity contribution in [3.63, 3.8) is 0 Å². The summed E-state index contributed by atoms with van der Waals surface area (Å²) >= 11 is 7.19. The molecule has 5 heteroatoms. The summed E-state index contributed by atoms with van der Waals surface area (Å²) in [5.74, 6) is 0.320. The molecule has 0 amide bonds. The molecule has 2 aromatic rings. The molecular weight excluding hydrogens is 308 g/mol. The molecule has 0 saturated heterocycles. The van der Waals surface area contributed by atoms with E-state index in [1.807, 2.05) is 6.26 Å². The smallest absolute Gasteiger partial charge is 0.321 e. The lowest BCUT2D eigenvalue weighted by atomic mass is 10.0. The van der Waals surface area contributed by atoms with Gasteiger partial charge in [0.25, 0.3) is 0 Å². The van der Waals surface area contributed by atoms with Crippen LogP contribution >= 0.6 is 23.4 Å². The highest BCUT2D eigenvalue weighted by Gasteiger charge is 2.10. The van der Waals surface area contributed by atoms with Crippen LogP contribution in [0.3, 0.4) is 0 Å². The first kappa shape index (κ1) is 15.6. The number of halogens is 1. The number of hydrogen-bond acceptors (Lipinski definition) is 4. The monoisotopic (exact) mass is 320 g/mol. The van der Waals surface area contributed by atoms with Crippen LogP contribution in [0, 0.1) is 0 Å². The molecule has 0 fully saturated rings. The maximum atomic E-state index is 12.2. The molecule has 0 saturated carbocycles. The maximum Gasteiger partial charge on any atom is 0.321 e. The van der Waals surface area contributed by atoms with Crippen LogP contribution in [0.15, 0.2) is 48.5 Å². The number of hydrogen-bond donors (Lipinski definition) is 0. The lowest BCUT2D eigenvalue weighted by Crippen LogP contribution is -2.10. The standard InChI is InChI=1S/C16H13ClO3S/c1-21-10-15(18)20-14-8-4-12(5-9-14)16(19)11-2-6-13(17)7-3-11/h2-9H,10H2,1H3. The van der Waals surface area contributed by atoms with Crippen LogP contribution in [0.1, 0.15) is 15.9 Å². The summed E-state index contributed by atoms with van der Waals surface area (Å²) < 4.78 is 5.12. The Morgan fingerprint density at radius 2 is 1.52 bits per heavy atom. The fraction of sp³-hybridized carbons (Fsp3) is 0.125. The van der Waals surface area contributed by atoms with Gasteiger partial charge in [-0.25, -0.2) is 0 Å². The Kier molecular flexibility index (Phi) is 5.42. The van der Waals surface area contributed by atoms with E-state index in [0.29, 0.717) is 27.7 Å². The van der Waals surface area contributed by atoms with Gasteiger partial charge in [0.2, 0.25) is 0 Å². The average molecular weight is 321 g/mol. The number of carbonyl (C=O) groups excluding carboxylic acids is 2. The van der Waals surface area contributed by atoms with Gasteiger partial charge < -0.3 is 4.74 Å². The van der Waals surface area contributed by atoms with Gasteiger partial charge in [0.15, 0.2) is 5.78 Å². The van der Waals surface area contributed by atoms with Crippen LogP contribution in [0.4, 0.5) is 0 Å². The minimum atomic E-state index is -0.306. The summed E-state index contributed by atoms with van der Waals surface area (Å²) in [7, 11) is 0. The van der Waals surface area contributed by atoms with E-state index in [2.05, 4.69) is 0 Å². The SMILES string of the molecule is CSCC(=O)Oc1ccc(C(=O)c2ccc(Cl)cc2)cc1. The summed E-state index contributed by atoms with van der Waals surface area (Å²) in [5, 5.41) is 0.586. The zero-order valence-corrected chi connectivity index (χ0v) is 12.9. The van der Waals surface area contributed by atoms with Gasteiger partial charge in [-0.05, 0) is 54.8 Å². The largest absolute Gasteiger partial charge is 0.426 e. The Labute approximate surface area is 132 Å². The van der Waals surface area contributed by atoms with E-state index in [9.17, 15) is 9.59 Å². The van der Waals surface area contributed by atoms with Crippen molar-refractivity contribution in [1.82, 2.24) is 0 Å². The topological polar surface area (TPSA) is 43.4 Å². The molecule has 3 nitrogen and oxygen atoms in total. The molecule has 0 bridgehead atoms. The number of rotatable bonds is 5. The first-order chi connectivity index (χ1) is 10.1. The molecular formula is C16H13ClO3S. The van der Waals surface area contributed by atoms with E-state index in [0.717, 1.165) is 0 Å². The molecule has 0 aromatic heterocycles. The molecule has 0 unspecified atom stereocenters. The zero-order chi connectivity index (χ0) is 15.2. The number of thioether (sulfide) groups is 1. The van der Waals surface area contributed by atoms with Crippen molar-refractivity contribution in [3.8, 4) is 5.75 Å². The van der Waals surface area contributed by atoms with Gasteiger partial charge >= 0.3 is 5.97 Å². The molecule has 0 aliphatic rings. The summed E-state index contributed by atoms with van der Waals surface area (Å²) in [6.07, 6.45) is 1.83. The Balaban J connectivity index is 2.09. The van der Waals surface area contributed by atoms with Crippen molar-refractivity contribution in [1.29, 1.82) is 0 Å². The molecule has 2 rings (SSSR count). The Morgan fingerprint density at radius 3 is 2.05 bits per heavy atom. The second-order valence-corrected chi connectivity index (χ2v) is 5.57. The predicted molar refractivity (Wildman–Crippen MR) is 85.3 cm³/mol. The lowest BCUT2D eigenvalue weighted by molar-refractivity contribution is -0.131. The Bertz CT molecular complexity index is 636. The molecule has 0 radical (unpaired) electrons. The maximum absolute atomic E-state index is 12.2. The van der Waals surface area contributed by atoms with E-state index in [-0.39, 0.29) is 11.8 Å². The quantitative estimate of drug-likeness (QED) is 0.477. The molecule has 0 heterocycles. The summed E-state index contributed by atoms with van der Waals surface area (Å²) in [5.41, 5.74) is 1.09. The van der Waals surface area contributed by atoms with Gasteiger partial charge in [-0.3, -0.25) is 9.59 Å². The normalized spacial score (nSPS) is 10.2.